The third-order valence-electron chi connectivity index (χ3n) is 2.10. The van der Waals surface area contributed by atoms with Gasteiger partial charge in [-0.1, -0.05) is 0 Å². The highest BCUT2D eigenvalue weighted by atomic mass is 32.2. The number of hydrogen-bond donors (Lipinski definition) is 1. The van der Waals surface area contributed by atoms with Gasteiger partial charge in [-0.15, -0.1) is 11.8 Å². The number of nitrogens with one attached hydrogen (secondary N) is 1. The van der Waals surface area contributed by atoms with Crippen molar-refractivity contribution < 1.29 is 9.59 Å². The van der Waals surface area contributed by atoms with Gasteiger partial charge in [-0.25, -0.2) is 0 Å². The van der Waals surface area contributed by atoms with Crippen LogP contribution in [-0.2, 0) is 9.59 Å². The van der Waals surface area contributed by atoms with Crippen molar-refractivity contribution in [2.24, 2.45) is 0 Å². The Kier molecular flexibility index (Phi) is 2.44. The van der Waals surface area contributed by atoms with Gasteiger partial charge in [-0.05, 0) is 12.8 Å². The van der Waals surface area contributed by atoms with Crippen molar-refractivity contribution in [3.8, 4) is 0 Å². The molecule has 72 valence electrons. The second-order valence-corrected chi connectivity index (χ2v) is 4.37. The minimum Gasteiger partial charge on any atom is -0.352 e. The molecule has 0 unspecified atom stereocenters. The largest absolute Gasteiger partial charge is 0.352 e. The second kappa shape index (κ2) is 3.57. The van der Waals surface area contributed by atoms with Crippen LogP contribution < -0.4 is 5.32 Å². The topological polar surface area (TPSA) is 49.4 Å². The van der Waals surface area contributed by atoms with Crippen molar-refractivity contribution in [2.75, 3.05) is 18.2 Å². The number of carbonyl (C=O) groups is 2. The normalized spacial score (nSPS) is 22.2. The van der Waals surface area contributed by atoms with Crippen molar-refractivity contribution in [3.63, 3.8) is 0 Å². The summed E-state index contributed by atoms with van der Waals surface area (Å²) in [6.07, 6.45) is 2.18. The van der Waals surface area contributed by atoms with Crippen LogP contribution in [0.4, 0.5) is 0 Å². The molecule has 2 fully saturated rings. The number of hydrogen-bond acceptors (Lipinski definition) is 3. The Morgan fingerprint density at radius 1 is 1.62 bits per heavy atom. The van der Waals surface area contributed by atoms with Gasteiger partial charge in [-0.3, -0.25) is 9.59 Å². The van der Waals surface area contributed by atoms with Crippen LogP contribution in [0, 0.1) is 0 Å². The zero-order valence-corrected chi connectivity index (χ0v) is 8.10. The Bertz CT molecular complexity index is 240. The molecular formula is C8H12N2O2S. The fraction of sp³-hybridized carbons (Fsp3) is 0.750. The number of rotatable bonds is 3. The van der Waals surface area contributed by atoms with E-state index in [0.29, 0.717) is 17.7 Å². The van der Waals surface area contributed by atoms with Crippen LogP contribution in [0.1, 0.15) is 12.8 Å². The molecule has 0 spiro atoms. The van der Waals surface area contributed by atoms with E-state index in [-0.39, 0.29) is 18.4 Å². The first-order chi connectivity index (χ1) is 6.25. The van der Waals surface area contributed by atoms with Gasteiger partial charge in [0.25, 0.3) is 0 Å². The summed E-state index contributed by atoms with van der Waals surface area (Å²) in [5, 5.41) is 2.86. The van der Waals surface area contributed by atoms with Crippen LogP contribution in [-0.4, -0.2) is 40.9 Å². The minimum absolute atomic E-state index is 0.0154. The summed E-state index contributed by atoms with van der Waals surface area (Å²) >= 11 is 1.56. The maximum Gasteiger partial charge on any atom is 0.239 e. The molecule has 1 heterocycles. The monoisotopic (exact) mass is 200 g/mol. The number of carbonyl (C=O) groups excluding carboxylic acids is 2. The fourth-order valence-corrected chi connectivity index (χ4v) is 2.12. The first-order valence-corrected chi connectivity index (χ1v) is 5.56. The molecule has 13 heavy (non-hydrogen) atoms. The molecule has 0 bridgehead atoms. The SMILES string of the molecule is O=C(CN1CSCC1=O)NC1CC1. The molecule has 2 aliphatic rings. The van der Waals surface area contributed by atoms with Gasteiger partial charge in [0.05, 0.1) is 11.6 Å². The Morgan fingerprint density at radius 3 is 2.92 bits per heavy atom. The predicted molar refractivity (Wildman–Crippen MR) is 50.2 cm³/mol. The van der Waals surface area contributed by atoms with E-state index < -0.39 is 0 Å². The second-order valence-electron chi connectivity index (χ2n) is 3.41. The number of thioether (sulfide) groups is 1. The van der Waals surface area contributed by atoms with Gasteiger partial charge in [0.2, 0.25) is 11.8 Å². The fourth-order valence-electron chi connectivity index (χ4n) is 1.21. The van der Waals surface area contributed by atoms with Gasteiger partial charge < -0.3 is 10.2 Å². The average molecular weight is 200 g/mol. The van der Waals surface area contributed by atoms with Crippen LogP contribution in [0.25, 0.3) is 0 Å². The Morgan fingerprint density at radius 2 is 2.38 bits per heavy atom. The molecule has 5 heteroatoms. The minimum atomic E-state index is -0.0154. The van der Waals surface area contributed by atoms with Gasteiger partial charge in [0.15, 0.2) is 0 Å². The molecule has 0 aromatic heterocycles. The average Bonchev–Trinajstić information content (AvgIpc) is 2.79. The van der Waals surface area contributed by atoms with Gasteiger partial charge in [-0.2, -0.15) is 0 Å². The van der Waals surface area contributed by atoms with Crippen LogP contribution in [0.15, 0.2) is 0 Å². The van der Waals surface area contributed by atoms with Crippen LogP contribution in [0.2, 0.25) is 0 Å². The van der Waals surface area contributed by atoms with Crippen LogP contribution in [0.5, 0.6) is 0 Å². The molecule has 2 rings (SSSR count). The lowest BCUT2D eigenvalue weighted by Gasteiger charge is -2.13. The lowest BCUT2D eigenvalue weighted by Crippen LogP contribution is -2.38. The molecule has 0 radical (unpaired) electrons. The summed E-state index contributed by atoms with van der Waals surface area (Å²) in [5.74, 6) is 1.25. The molecule has 0 aromatic carbocycles. The van der Waals surface area contributed by atoms with Crippen molar-refractivity contribution in [1.29, 1.82) is 0 Å². The van der Waals surface area contributed by atoms with E-state index in [1.165, 1.54) is 0 Å². The lowest BCUT2D eigenvalue weighted by molar-refractivity contribution is -0.132. The van der Waals surface area contributed by atoms with Crippen LogP contribution >= 0.6 is 11.8 Å². The molecular weight excluding hydrogens is 188 g/mol. The molecule has 1 N–H and O–H groups in total. The summed E-state index contributed by atoms with van der Waals surface area (Å²) in [5.41, 5.74) is 0. The van der Waals surface area contributed by atoms with E-state index in [2.05, 4.69) is 5.32 Å². The molecule has 1 saturated heterocycles. The van der Waals surface area contributed by atoms with Crippen LogP contribution in [0.3, 0.4) is 0 Å². The Balaban J connectivity index is 1.75. The first-order valence-electron chi connectivity index (χ1n) is 4.40. The van der Waals surface area contributed by atoms with Crippen molar-refractivity contribution in [2.45, 2.75) is 18.9 Å². The van der Waals surface area contributed by atoms with Crippen molar-refractivity contribution in [3.05, 3.63) is 0 Å². The third-order valence-corrected chi connectivity index (χ3v) is 3.05. The highest BCUT2D eigenvalue weighted by Gasteiger charge is 2.27. The summed E-state index contributed by atoms with van der Waals surface area (Å²) in [6, 6.07) is 0.387. The van der Waals surface area contributed by atoms with E-state index in [9.17, 15) is 9.59 Å². The third kappa shape index (κ3) is 2.37. The first kappa shape index (κ1) is 8.87. The van der Waals surface area contributed by atoms with Gasteiger partial charge in [0.1, 0.15) is 6.54 Å². The van der Waals surface area contributed by atoms with Gasteiger partial charge >= 0.3 is 0 Å². The van der Waals surface area contributed by atoms with E-state index in [1.54, 1.807) is 16.7 Å². The maximum absolute atomic E-state index is 11.3. The Labute approximate surface area is 81.0 Å². The van der Waals surface area contributed by atoms with Crippen molar-refractivity contribution in [1.82, 2.24) is 10.2 Å². The molecule has 1 aliphatic carbocycles. The zero-order chi connectivity index (χ0) is 9.26. The molecule has 4 nitrogen and oxygen atoms in total. The summed E-state index contributed by atoms with van der Waals surface area (Å²) < 4.78 is 0. The number of amides is 2. The van der Waals surface area contributed by atoms with E-state index in [1.807, 2.05) is 0 Å². The molecule has 1 saturated carbocycles. The standard InChI is InChI=1S/C8H12N2O2S/c11-7(9-6-1-2-6)3-10-5-13-4-8(10)12/h6H,1-5H2,(H,9,11). The van der Waals surface area contributed by atoms with Crippen molar-refractivity contribution >= 4 is 23.6 Å². The zero-order valence-electron chi connectivity index (χ0n) is 7.28. The molecule has 0 aromatic rings. The highest BCUT2D eigenvalue weighted by molar-refractivity contribution is 8.00. The summed E-state index contributed by atoms with van der Waals surface area (Å²) in [6.45, 7) is 0.238. The van der Waals surface area contributed by atoms with E-state index >= 15 is 0 Å². The summed E-state index contributed by atoms with van der Waals surface area (Å²) in [7, 11) is 0. The van der Waals surface area contributed by atoms with Gasteiger partial charge in [0, 0.05) is 6.04 Å². The smallest absolute Gasteiger partial charge is 0.239 e. The lowest BCUT2D eigenvalue weighted by atomic mass is 10.5. The quantitative estimate of drug-likeness (QED) is 0.686. The predicted octanol–water partition coefficient (Wildman–Crippen LogP) is -0.202. The summed E-state index contributed by atoms with van der Waals surface area (Å²) in [4.78, 5) is 24.0. The molecule has 2 amide bonds. The Hall–Kier alpha value is -0.710. The van der Waals surface area contributed by atoms with E-state index in [4.69, 9.17) is 0 Å². The highest BCUT2D eigenvalue weighted by Crippen LogP contribution is 2.19. The maximum atomic E-state index is 11.3. The molecule has 1 aliphatic heterocycles. The molecule has 0 atom stereocenters. The number of nitrogens with zero attached hydrogens (tertiary/aromatic N) is 1. The van der Waals surface area contributed by atoms with E-state index in [0.717, 1.165) is 12.8 Å².